The zero-order valence-corrected chi connectivity index (χ0v) is 9.56. The summed E-state index contributed by atoms with van der Waals surface area (Å²) >= 11 is 0. The predicted octanol–water partition coefficient (Wildman–Crippen LogP) is 1.64. The maximum absolute atomic E-state index is 5.56. The fourth-order valence-electron chi connectivity index (χ4n) is 1.94. The SMILES string of the molecule is C=Cn1cc(CNCCC2CCCO2)cn1. The molecule has 1 N–H and O–H groups in total. The Labute approximate surface area is 96.3 Å². The monoisotopic (exact) mass is 221 g/mol. The summed E-state index contributed by atoms with van der Waals surface area (Å²) in [6, 6.07) is 0. The van der Waals surface area contributed by atoms with Crippen LogP contribution in [0.25, 0.3) is 6.20 Å². The van der Waals surface area contributed by atoms with Crippen molar-refractivity contribution in [1.82, 2.24) is 15.1 Å². The van der Waals surface area contributed by atoms with Gasteiger partial charge >= 0.3 is 0 Å². The molecular formula is C12H19N3O. The van der Waals surface area contributed by atoms with Crippen molar-refractivity contribution in [2.75, 3.05) is 13.2 Å². The summed E-state index contributed by atoms with van der Waals surface area (Å²) in [6.45, 7) is 6.46. The van der Waals surface area contributed by atoms with Gasteiger partial charge in [-0.15, -0.1) is 0 Å². The van der Waals surface area contributed by atoms with Gasteiger partial charge in [0, 0.05) is 31.1 Å². The van der Waals surface area contributed by atoms with Crippen molar-refractivity contribution in [2.24, 2.45) is 0 Å². The molecular weight excluding hydrogens is 202 g/mol. The lowest BCUT2D eigenvalue weighted by molar-refractivity contribution is 0.104. The molecule has 0 spiro atoms. The minimum Gasteiger partial charge on any atom is -0.378 e. The second-order valence-corrected chi connectivity index (χ2v) is 4.11. The molecule has 1 aromatic rings. The molecule has 2 heterocycles. The molecule has 4 heteroatoms. The maximum atomic E-state index is 5.56. The molecule has 1 saturated heterocycles. The van der Waals surface area contributed by atoms with E-state index < -0.39 is 0 Å². The largest absolute Gasteiger partial charge is 0.378 e. The van der Waals surface area contributed by atoms with Crippen molar-refractivity contribution in [1.29, 1.82) is 0 Å². The van der Waals surface area contributed by atoms with E-state index >= 15 is 0 Å². The first kappa shape index (κ1) is 11.4. The Morgan fingerprint density at radius 1 is 1.69 bits per heavy atom. The van der Waals surface area contributed by atoms with Crippen LogP contribution < -0.4 is 5.32 Å². The van der Waals surface area contributed by atoms with Crippen molar-refractivity contribution < 1.29 is 4.74 Å². The van der Waals surface area contributed by atoms with Crippen LogP contribution in [0.3, 0.4) is 0 Å². The number of rotatable bonds is 6. The molecule has 0 radical (unpaired) electrons. The molecule has 1 atom stereocenters. The third-order valence-electron chi connectivity index (χ3n) is 2.84. The van der Waals surface area contributed by atoms with Crippen LogP contribution in [0.2, 0.25) is 0 Å². The molecule has 0 bridgehead atoms. The van der Waals surface area contributed by atoms with E-state index in [-0.39, 0.29) is 0 Å². The van der Waals surface area contributed by atoms with Gasteiger partial charge in [0.2, 0.25) is 0 Å². The van der Waals surface area contributed by atoms with E-state index in [1.54, 1.807) is 10.9 Å². The summed E-state index contributed by atoms with van der Waals surface area (Å²) in [6.07, 6.45) is 9.55. The zero-order valence-electron chi connectivity index (χ0n) is 9.56. The Kier molecular flexibility index (Phi) is 4.13. The smallest absolute Gasteiger partial charge is 0.0588 e. The summed E-state index contributed by atoms with van der Waals surface area (Å²) in [5.74, 6) is 0. The highest BCUT2D eigenvalue weighted by Crippen LogP contribution is 2.14. The first-order valence-electron chi connectivity index (χ1n) is 5.86. The van der Waals surface area contributed by atoms with Gasteiger partial charge in [-0.2, -0.15) is 5.10 Å². The molecule has 1 aliphatic rings. The van der Waals surface area contributed by atoms with Gasteiger partial charge in [-0.1, -0.05) is 6.58 Å². The molecule has 88 valence electrons. The molecule has 2 rings (SSSR count). The zero-order chi connectivity index (χ0) is 11.2. The van der Waals surface area contributed by atoms with Crippen LogP contribution in [0.5, 0.6) is 0 Å². The first-order valence-corrected chi connectivity index (χ1v) is 5.86. The van der Waals surface area contributed by atoms with Gasteiger partial charge in [0.25, 0.3) is 0 Å². The van der Waals surface area contributed by atoms with Crippen LogP contribution in [0, 0.1) is 0 Å². The van der Waals surface area contributed by atoms with Gasteiger partial charge in [0.15, 0.2) is 0 Å². The molecule has 16 heavy (non-hydrogen) atoms. The van der Waals surface area contributed by atoms with Crippen molar-refractivity contribution in [3.05, 3.63) is 24.5 Å². The molecule has 4 nitrogen and oxygen atoms in total. The summed E-state index contributed by atoms with van der Waals surface area (Å²) in [7, 11) is 0. The van der Waals surface area contributed by atoms with Gasteiger partial charge in [0.05, 0.1) is 12.3 Å². The van der Waals surface area contributed by atoms with Crippen LogP contribution in [0.1, 0.15) is 24.8 Å². The lowest BCUT2D eigenvalue weighted by atomic mass is 10.2. The molecule has 0 amide bonds. The minimum atomic E-state index is 0.475. The maximum Gasteiger partial charge on any atom is 0.0588 e. The molecule has 1 unspecified atom stereocenters. The van der Waals surface area contributed by atoms with E-state index in [0.29, 0.717) is 6.10 Å². The van der Waals surface area contributed by atoms with E-state index in [0.717, 1.165) is 26.1 Å². The summed E-state index contributed by atoms with van der Waals surface area (Å²) in [5.41, 5.74) is 1.19. The highest BCUT2D eigenvalue weighted by Gasteiger charge is 2.14. The number of ether oxygens (including phenoxy) is 1. The fourth-order valence-corrected chi connectivity index (χ4v) is 1.94. The van der Waals surface area contributed by atoms with E-state index in [9.17, 15) is 0 Å². The van der Waals surface area contributed by atoms with E-state index in [1.165, 1.54) is 18.4 Å². The third kappa shape index (κ3) is 3.18. The van der Waals surface area contributed by atoms with Crippen LogP contribution in [-0.4, -0.2) is 29.0 Å². The summed E-state index contributed by atoms with van der Waals surface area (Å²) < 4.78 is 7.28. The molecule has 1 aromatic heterocycles. The number of nitrogens with one attached hydrogen (secondary N) is 1. The predicted molar refractivity (Wildman–Crippen MR) is 63.9 cm³/mol. The summed E-state index contributed by atoms with van der Waals surface area (Å²) in [4.78, 5) is 0. The van der Waals surface area contributed by atoms with Gasteiger partial charge in [0.1, 0.15) is 0 Å². The lowest BCUT2D eigenvalue weighted by Gasteiger charge is -2.09. The summed E-state index contributed by atoms with van der Waals surface area (Å²) in [5, 5.41) is 7.52. The standard InChI is InChI=1S/C12H19N3O/c1-2-15-10-11(9-14-15)8-13-6-5-12-4-3-7-16-12/h2,9-10,12-13H,1,3-8H2. The van der Waals surface area contributed by atoms with Crippen molar-refractivity contribution >= 4 is 6.20 Å². The van der Waals surface area contributed by atoms with Crippen molar-refractivity contribution in [3.8, 4) is 0 Å². The lowest BCUT2D eigenvalue weighted by Crippen LogP contribution is -2.19. The number of hydrogen-bond donors (Lipinski definition) is 1. The van der Waals surface area contributed by atoms with E-state index in [4.69, 9.17) is 4.74 Å². The van der Waals surface area contributed by atoms with E-state index in [1.807, 2.05) is 12.4 Å². The fraction of sp³-hybridized carbons (Fsp3) is 0.583. The average Bonchev–Trinajstić information content (AvgIpc) is 2.95. The Balaban J connectivity index is 1.61. The Bertz CT molecular complexity index is 329. The number of nitrogens with zero attached hydrogens (tertiary/aromatic N) is 2. The second kappa shape index (κ2) is 5.82. The highest BCUT2D eigenvalue weighted by molar-refractivity contribution is 5.17. The number of aromatic nitrogens is 2. The van der Waals surface area contributed by atoms with Crippen LogP contribution in [-0.2, 0) is 11.3 Å². The van der Waals surface area contributed by atoms with Gasteiger partial charge in [-0.05, 0) is 25.8 Å². The average molecular weight is 221 g/mol. The quantitative estimate of drug-likeness (QED) is 0.742. The van der Waals surface area contributed by atoms with Crippen LogP contribution >= 0.6 is 0 Å². The van der Waals surface area contributed by atoms with Gasteiger partial charge in [-0.25, -0.2) is 4.68 Å². The first-order chi connectivity index (χ1) is 7.88. The molecule has 1 fully saturated rings. The third-order valence-corrected chi connectivity index (χ3v) is 2.84. The Morgan fingerprint density at radius 2 is 2.62 bits per heavy atom. The molecule has 0 aromatic carbocycles. The van der Waals surface area contributed by atoms with Crippen LogP contribution in [0.15, 0.2) is 19.0 Å². The van der Waals surface area contributed by atoms with E-state index in [2.05, 4.69) is 17.0 Å². The number of hydrogen-bond acceptors (Lipinski definition) is 3. The highest BCUT2D eigenvalue weighted by atomic mass is 16.5. The normalized spacial score (nSPS) is 20.1. The van der Waals surface area contributed by atoms with Crippen molar-refractivity contribution in [2.45, 2.75) is 31.9 Å². The topological polar surface area (TPSA) is 39.1 Å². The van der Waals surface area contributed by atoms with Crippen LogP contribution in [0.4, 0.5) is 0 Å². The Hall–Kier alpha value is -1.13. The molecule has 0 saturated carbocycles. The second-order valence-electron chi connectivity index (χ2n) is 4.11. The molecule has 1 aliphatic heterocycles. The van der Waals surface area contributed by atoms with Gasteiger partial charge < -0.3 is 10.1 Å². The Morgan fingerprint density at radius 3 is 3.31 bits per heavy atom. The van der Waals surface area contributed by atoms with Gasteiger partial charge in [-0.3, -0.25) is 0 Å². The van der Waals surface area contributed by atoms with Crippen molar-refractivity contribution in [3.63, 3.8) is 0 Å². The minimum absolute atomic E-state index is 0.475. The molecule has 0 aliphatic carbocycles.